The zero-order chi connectivity index (χ0) is 19.4. The van der Waals surface area contributed by atoms with Crippen molar-refractivity contribution >= 4 is 16.3 Å². The summed E-state index contributed by atoms with van der Waals surface area (Å²) in [5.41, 5.74) is 0.741. The minimum atomic E-state index is -1.19. The second-order valence-corrected chi connectivity index (χ2v) is 6.85. The van der Waals surface area contributed by atoms with Gasteiger partial charge in [0.1, 0.15) is 0 Å². The molecular formula is C22H25F3O2. The third-order valence-electron chi connectivity index (χ3n) is 4.96. The second-order valence-electron chi connectivity index (χ2n) is 6.85. The van der Waals surface area contributed by atoms with Crippen LogP contribution in [0.2, 0.25) is 0 Å². The molecule has 1 heterocycles. The van der Waals surface area contributed by atoms with Gasteiger partial charge in [0, 0.05) is 5.56 Å². The van der Waals surface area contributed by atoms with E-state index in [0.29, 0.717) is 17.4 Å². The highest BCUT2D eigenvalue weighted by atomic mass is 19.2. The van der Waals surface area contributed by atoms with Gasteiger partial charge >= 0.3 is 0 Å². The van der Waals surface area contributed by atoms with Crippen molar-refractivity contribution in [1.29, 1.82) is 0 Å². The van der Waals surface area contributed by atoms with Crippen molar-refractivity contribution < 1.29 is 22.6 Å². The van der Waals surface area contributed by atoms with Crippen LogP contribution in [0.3, 0.4) is 0 Å². The third kappa shape index (κ3) is 4.13. The van der Waals surface area contributed by atoms with Crippen LogP contribution in [0.4, 0.5) is 13.2 Å². The maximum atomic E-state index is 14.7. The van der Waals surface area contributed by atoms with Crippen molar-refractivity contribution in [2.75, 3.05) is 13.2 Å². The fourth-order valence-corrected chi connectivity index (χ4v) is 3.48. The molecule has 2 aromatic rings. The van der Waals surface area contributed by atoms with E-state index in [9.17, 15) is 13.2 Å². The van der Waals surface area contributed by atoms with Gasteiger partial charge in [0.2, 0.25) is 0 Å². The number of fused-ring (bicyclic) bond motifs is 1. The lowest BCUT2D eigenvalue weighted by atomic mass is 9.96. The Kier molecular flexibility index (Phi) is 6.42. The van der Waals surface area contributed by atoms with Crippen LogP contribution in [0.5, 0.6) is 5.75 Å². The summed E-state index contributed by atoms with van der Waals surface area (Å²) in [6.45, 7) is 4.33. The van der Waals surface area contributed by atoms with Gasteiger partial charge in [-0.05, 0) is 42.9 Å². The second kappa shape index (κ2) is 8.79. The highest BCUT2D eigenvalue weighted by molar-refractivity contribution is 5.89. The summed E-state index contributed by atoms with van der Waals surface area (Å²) in [5, 5.41) is -0.0761. The average Bonchev–Trinajstić information content (AvgIpc) is 2.67. The van der Waals surface area contributed by atoms with E-state index in [1.165, 1.54) is 12.1 Å². The molecule has 2 aromatic carbocycles. The first kappa shape index (κ1) is 19.7. The molecule has 0 fully saturated rings. The predicted octanol–water partition coefficient (Wildman–Crippen LogP) is 6.41. The maximum Gasteiger partial charge on any atom is 0.175 e. The molecule has 0 aromatic heterocycles. The molecule has 0 bridgehead atoms. The van der Waals surface area contributed by atoms with Gasteiger partial charge in [-0.1, -0.05) is 38.3 Å². The first-order valence-corrected chi connectivity index (χ1v) is 9.60. The summed E-state index contributed by atoms with van der Waals surface area (Å²) in [4.78, 5) is 0. The lowest BCUT2D eigenvalue weighted by Gasteiger charge is -2.23. The van der Waals surface area contributed by atoms with Gasteiger partial charge in [0.15, 0.2) is 23.2 Å². The van der Waals surface area contributed by atoms with E-state index in [-0.39, 0.29) is 36.0 Å². The van der Waals surface area contributed by atoms with Crippen molar-refractivity contribution in [3.63, 3.8) is 0 Å². The fraction of sp³-hybridized carbons (Fsp3) is 0.455. The molecule has 5 heteroatoms. The molecule has 0 amide bonds. The minimum absolute atomic E-state index is 0.0776. The largest absolute Gasteiger partial charge is 0.491 e. The highest BCUT2D eigenvalue weighted by Crippen LogP contribution is 2.35. The zero-order valence-corrected chi connectivity index (χ0v) is 15.8. The molecule has 0 aliphatic carbocycles. The van der Waals surface area contributed by atoms with Gasteiger partial charge in [0.25, 0.3) is 0 Å². The summed E-state index contributed by atoms with van der Waals surface area (Å²) in [5.74, 6) is -3.18. The Morgan fingerprint density at radius 2 is 1.89 bits per heavy atom. The van der Waals surface area contributed by atoms with Crippen LogP contribution in [0.1, 0.15) is 51.5 Å². The molecule has 1 aliphatic heterocycles. The summed E-state index contributed by atoms with van der Waals surface area (Å²) in [6, 6.07) is 4.48. The Balaban J connectivity index is 1.90. The van der Waals surface area contributed by atoms with Gasteiger partial charge in [0.05, 0.1) is 24.7 Å². The Hall–Kier alpha value is -2.01. The van der Waals surface area contributed by atoms with Gasteiger partial charge in [-0.25, -0.2) is 13.2 Å². The van der Waals surface area contributed by atoms with E-state index in [2.05, 4.69) is 6.92 Å². The number of hydrogen-bond acceptors (Lipinski definition) is 2. The summed E-state index contributed by atoms with van der Waals surface area (Å²) < 4.78 is 54.8. The molecule has 0 N–H and O–H groups in total. The van der Waals surface area contributed by atoms with Gasteiger partial charge < -0.3 is 9.47 Å². The number of hydrogen-bond donors (Lipinski definition) is 0. The standard InChI is InChI=1S/C22H25F3O2/c1-3-5-6-7-16-10-8-15(13-27-16)17-12-14-9-11-18(26-4-2)21(24)19(14)22(25)20(17)23/h8-9,11-12,16H,3-7,10,13H2,1-2H3. The zero-order valence-electron chi connectivity index (χ0n) is 15.8. The van der Waals surface area contributed by atoms with Crippen molar-refractivity contribution in [3.05, 3.63) is 47.3 Å². The quantitative estimate of drug-likeness (QED) is 0.519. The van der Waals surface area contributed by atoms with E-state index in [1.54, 1.807) is 13.0 Å². The molecule has 1 unspecified atom stereocenters. The molecule has 0 saturated heterocycles. The van der Waals surface area contributed by atoms with Crippen molar-refractivity contribution in [3.8, 4) is 5.75 Å². The number of ether oxygens (including phenoxy) is 2. The topological polar surface area (TPSA) is 18.5 Å². The predicted molar refractivity (Wildman–Crippen MR) is 101 cm³/mol. The van der Waals surface area contributed by atoms with Crippen molar-refractivity contribution in [2.24, 2.45) is 0 Å². The normalized spacial score (nSPS) is 17.2. The SMILES string of the molecule is CCCCCC1CC=C(c2cc3ccc(OCC)c(F)c3c(F)c2F)CO1. The Morgan fingerprint density at radius 3 is 2.56 bits per heavy atom. The first-order valence-electron chi connectivity index (χ1n) is 9.60. The van der Waals surface area contributed by atoms with Crippen LogP contribution >= 0.6 is 0 Å². The Bertz CT molecular complexity index is 845. The Morgan fingerprint density at radius 1 is 1.07 bits per heavy atom. The molecule has 3 rings (SSSR count). The smallest absolute Gasteiger partial charge is 0.175 e. The lowest BCUT2D eigenvalue weighted by Crippen LogP contribution is -2.18. The molecule has 0 saturated carbocycles. The molecular weight excluding hydrogens is 353 g/mol. The van der Waals surface area contributed by atoms with Crippen molar-refractivity contribution in [1.82, 2.24) is 0 Å². The van der Waals surface area contributed by atoms with Crippen LogP contribution in [0.15, 0.2) is 24.3 Å². The van der Waals surface area contributed by atoms with E-state index in [0.717, 1.165) is 25.7 Å². The van der Waals surface area contributed by atoms with E-state index in [4.69, 9.17) is 9.47 Å². The summed E-state index contributed by atoms with van der Waals surface area (Å²) >= 11 is 0. The van der Waals surface area contributed by atoms with Gasteiger partial charge in [-0.3, -0.25) is 0 Å². The van der Waals surface area contributed by atoms with Crippen LogP contribution in [-0.2, 0) is 4.74 Å². The van der Waals surface area contributed by atoms with E-state index in [1.807, 2.05) is 6.08 Å². The summed E-state index contributed by atoms with van der Waals surface area (Å²) in [6.07, 6.45) is 7.10. The number of rotatable bonds is 7. The third-order valence-corrected chi connectivity index (χ3v) is 4.96. The minimum Gasteiger partial charge on any atom is -0.491 e. The van der Waals surface area contributed by atoms with Gasteiger partial charge in [-0.2, -0.15) is 0 Å². The molecule has 1 atom stereocenters. The van der Waals surface area contributed by atoms with E-state index < -0.39 is 17.5 Å². The van der Waals surface area contributed by atoms with Crippen LogP contribution in [0, 0.1) is 17.5 Å². The molecule has 27 heavy (non-hydrogen) atoms. The fourth-order valence-electron chi connectivity index (χ4n) is 3.48. The average molecular weight is 378 g/mol. The molecule has 0 radical (unpaired) electrons. The number of halogens is 3. The number of benzene rings is 2. The maximum absolute atomic E-state index is 14.7. The molecule has 2 nitrogen and oxygen atoms in total. The molecule has 1 aliphatic rings. The number of unbranched alkanes of at least 4 members (excludes halogenated alkanes) is 2. The monoisotopic (exact) mass is 378 g/mol. The molecule has 0 spiro atoms. The Labute approximate surface area is 158 Å². The van der Waals surface area contributed by atoms with Crippen LogP contribution < -0.4 is 4.74 Å². The van der Waals surface area contributed by atoms with Crippen LogP contribution in [-0.4, -0.2) is 19.3 Å². The summed E-state index contributed by atoms with van der Waals surface area (Å²) in [7, 11) is 0. The van der Waals surface area contributed by atoms with Gasteiger partial charge in [-0.15, -0.1) is 0 Å². The molecule has 146 valence electrons. The highest BCUT2D eigenvalue weighted by Gasteiger charge is 2.23. The lowest BCUT2D eigenvalue weighted by molar-refractivity contribution is 0.0645. The van der Waals surface area contributed by atoms with E-state index >= 15 is 0 Å². The van der Waals surface area contributed by atoms with Crippen LogP contribution in [0.25, 0.3) is 16.3 Å². The first-order chi connectivity index (χ1) is 13.1. The van der Waals surface area contributed by atoms with Crippen molar-refractivity contribution in [2.45, 2.75) is 52.1 Å².